The van der Waals surface area contributed by atoms with E-state index in [1.54, 1.807) is 33.7 Å². The minimum Gasteiger partial charge on any atom is -0.330 e. The molecule has 0 heterocycles. The molecule has 38 heavy (non-hydrogen) atoms. The molecule has 0 aromatic heterocycles. The predicted octanol–water partition coefficient (Wildman–Crippen LogP) is 5.85. The van der Waals surface area contributed by atoms with Crippen molar-refractivity contribution in [2.45, 2.75) is 0 Å². The maximum atomic E-state index is 10.0. The van der Waals surface area contributed by atoms with Gasteiger partial charge in [0.1, 0.15) is 6.29 Å². The van der Waals surface area contributed by atoms with Gasteiger partial charge in [-0.2, -0.15) is 25.3 Å². The van der Waals surface area contributed by atoms with Gasteiger partial charge in [-0.15, -0.1) is 0 Å². The molecule has 206 valence electrons. The lowest BCUT2D eigenvalue weighted by molar-refractivity contribution is 0.112. The van der Waals surface area contributed by atoms with Crippen LogP contribution in [0.25, 0.3) is 0 Å². The maximum absolute atomic E-state index is 10.0. The first-order chi connectivity index (χ1) is 18.7. The molecule has 0 fully saturated rings. The van der Waals surface area contributed by atoms with Crippen molar-refractivity contribution < 1.29 is 4.79 Å². The number of nitrogens with zero attached hydrogens (tertiary/aromatic N) is 2. The molecule has 5 nitrogen and oxygen atoms in total. The molecule has 3 aromatic rings. The number of benzene rings is 3. The highest BCUT2D eigenvalue weighted by atomic mass is 33.1. The molecular weight excluding hydrogens is 549 g/mol. The smallest absolute Gasteiger partial charge is 0.150 e. The molecule has 4 N–H and O–H groups in total. The van der Waals surface area contributed by atoms with Crippen LogP contribution in [0.1, 0.15) is 21.5 Å². The number of thiol groups is 2. The molecule has 0 bridgehead atoms. The molecule has 0 amide bonds. The molecule has 0 aliphatic heterocycles. The van der Waals surface area contributed by atoms with Crippen molar-refractivity contribution in [3.63, 3.8) is 0 Å². The quantitative estimate of drug-likeness (QED) is 0.0700. The minimum atomic E-state index is 0.729. The van der Waals surface area contributed by atoms with E-state index in [1.807, 2.05) is 91.3 Å². The van der Waals surface area contributed by atoms with E-state index < -0.39 is 0 Å². The summed E-state index contributed by atoms with van der Waals surface area (Å²) >= 11 is 8.11. The van der Waals surface area contributed by atoms with Gasteiger partial charge in [0, 0.05) is 67.2 Å². The summed E-state index contributed by atoms with van der Waals surface area (Å²) in [7, 11) is 3.58. The van der Waals surface area contributed by atoms with Crippen LogP contribution in [0.2, 0.25) is 0 Å². The zero-order valence-corrected chi connectivity index (χ0v) is 25.1. The van der Waals surface area contributed by atoms with Crippen LogP contribution in [0.5, 0.6) is 0 Å². The van der Waals surface area contributed by atoms with E-state index in [9.17, 15) is 4.79 Å². The van der Waals surface area contributed by atoms with E-state index in [0.717, 1.165) is 72.2 Å². The fourth-order valence-electron chi connectivity index (χ4n) is 2.28. The summed E-state index contributed by atoms with van der Waals surface area (Å²) < 4.78 is 0. The number of hydrogen-bond donors (Lipinski definition) is 4. The Hall–Kier alpha value is -2.01. The van der Waals surface area contributed by atoms with Gasteiger partial charge in [0.25, 0.3) is 0 Å². The van der Waals surface area contributed by atoms with Gasteiger partial charge in [-0.25, -0.2) is 0 Å². The van der Waals surface area contributed by atoms with Gasteiger partial charge in [-0.05, 0) is 11.1 Å². The zero-order chi connectivity index (χ0) is 27.9. The largest absolute Gasteiger partial charge is 0.330 e. The first-order valence-electron chi connectivity index (χ1n) is 12.2. The summed E-state index contributed by atoms with van der Waals surface area (Å²) in [5.41, 5.74) is 13.5. The van der Waals surface area contributed by atoms with E-state index in [0.29, 0.717) is 0 Å². The summed E-state index contributed by atoms with van der Waals surface area (Å²) in [6.45, 7) is 3.11. The lowest BCUT2D eigenvalue weighted by Crippen LogP contribution is -2.02. The molecule has 0 saturated carbocycles. The minimum absolute atomic E-state index is 0.729. The van der Waals surface area contributed by atoms with Gasteiger partial charge in [0.2, 0.25) is 0 Å². The Morgan fingerprint density at radius 3 is 1.21 bits per heavy atom. The van der Waals surface area contributed by atoms with E-state index in [2.05, 4.69) is 35.2 Å². The highest BCUT2D eigenvalue weighted by Crippen LogP contribution is 2.18. The number of carbonyl (C=O) groups is 1. The molecule has 3 aromatic carbocycles. The number of aldehydes is 1. The molecule has 0 atom stereocenters. The first-order valence-corrected chi connectivity index (χ1v) is 15.9. The Balaban J connectivity index is 0.000000486. The van der Waals surface area contributed by atoms with Crippen LogP contribution in [0, 0.1) is 0 Å². The van der Waals surface area contributed by atoms with Crippen LogP contribution in [0.3, 0.4) is 0 Å². The van der Waals surface area contributed by atoms with Gasteiger partial charge >= 0.3 is 0 Å². The van der Waals surface area contributed by atoms with Crippen LogP contribution in [0.15, 0.2) is 101 Å². The van der Waals surface area contributed by atoms with Crippen molar-refractivity contribution in [3.8, 4) is 0 Å². The van der Waals surface area contributed by atoms with E-state index >= 15 is 0 Å². The van der Waals surface area contributed by atoms with E-state index in [-0.39, 0.29) is 0 Å². The van der Waals surface area contributed by atoms with Gasteiger partial charge < -0.3 is 11.5 Å². The monoisotopic (exact) mass is 588 g/mol. The van der Waals surface area contributed by atoms with Crippen molar-refractivity contribution in [3.05, 3.63) is 108 Å². The van der Waals surface area contributed by atoms with Gasteiger partial charge in [-0.1, -0.05) is 113 Å². The Kier molecular flexibility index (Phi) is 28.0. The van der Waals surface area contributed by atoms with Crippen molar-refractivity contribution in [2.24, 2.45) is 21.5 Å². The van der Waals surface area contributed by atoms with Crippen LogP contribution >= 0.6 is 46.8 Å². The average molecular weight is 589 g/mol. The topological polar surface area (TPSA) is 93.8 Å². The molecule has 0 spiro atoms. The summed E-state index contributed by atoms with van der Waals surface area (Å²) in [5, 5.41) is 0. The van der Waals surface area contributed by atoms with Crippen LogP contribution < -0.4 is 11.5 Å². The maximum Gasteiger partial charge on any atom is 0.150 e. The van der Waals surface area contributed by atoms with E-state index in [1.165, 1.54) is 0 Å². The summed E-state index contributed by atoms with van der Waals surface area (Å²) in [4.78, 5) is 18.3. The highest BCUT2D eigenvalue weighted by molar-refractivity contribution is 8.76. The van der Waals surface area contributed by atoms with Crippen LogP contribution in [-0.2, 0) is 0 Å². The standard InChI is InChI=1S/2C9H11NS.C7H6O.C4H12N2S2/c2*11-7-6-10-8-9-4-2-1-3-5-9;8-6-7-4-2-1-3-5-7;5-1-3-7-8-4-2-6/h2*1-5,8,11H,6-7H2;1-6H;1-6H2. The second kappa shape index (κ2) is 29.5. The first kappa shape index (κ1) is 36.0. The van der Waals surface area contributed by atoms with E-state index in [4.69, 9.17) is 11.5 Å². The molecule has 0 unspecified atom stereocenters. The number of rotatable bonds is 12. The third-order valence-corrected chi connectivity index (χ3v) is 6.83. The third kappa shape index (κ3) is 24.3. The predicted molar refractivity (Wildman–Crippen MR) is 180 cm³/mol. The Morgan fingerprint density at radius 1 is 0.605 bits per heavy atom. The van der Waals surface area contributed by atoms with Crippen LogP contribution in [0.4, 0.5) is 0 Å². The SMILES string of the molecule is NCCSSCCN.O=Cc1ccccc1.SCCN=Cc1ccccc1.SCCN=Cc1ccccc1. The normalized spacial score (nSPS) is 10.0. The lowest BCUT2D eigenvalue weighted by Gasteiger charge is -1.93. The molecule has 0 aliphatic carbocycles. The molecule has 3 rings (SSSR count). The van der Waals surface area contributed by atoms with Crippen LogP contribution in [-0.4, -0.2) is 67.9 Å². The Morgan fingerprint density at radius 2 is 0.947 bits per heavy atom. The second-order valence-corrected chi connectivity index (χ2v) is 10.7. The molecule has 0 radical (unpaired) electrons. The second-order valence-electron chi connectivity index (χ2n) is 7.09. The number of hydrogen-bond acceptors (Lipinski definition) is 9. The summed E-state index contributed by atoms with van der Waals surface area (Å²) in [6, 6.07) is 29.2. The molecule has 9 heteroatoms. The lowest BCUT2D eigenvalue weighted by atomic mass is 10.2. The molecule has 0 saturated heterocycles. The van der Waals surface area contributed by atoms with Crippen molar-refractivity contribution in [2.75, 3.05) is 49.2 Å². The summed E-state index contributed by atoms with van der Waals surface area (Å²) in [5.74, 6) is 3.68. The summed E-state index contributed by atoms with van der Waals surface area (Å²) in [6.07, 6.45) is 4.58. The van der Waals surface area contributed by atoms with Crippen molar-refractivity contribution in [1.82, 2.24) is 0 Å². The Bertz CT molecular complexity index is 889. The zero-order valence-electron chi connectivity index (χ0n) is 21.7. The molecule has 0 aliphatic rings. The fraction of sp³-hybridized carbons (Fsp3) is 0.276. The van der Waals surface area contributed by atoms with Gasteiger partial charge in [-0.3, -0.25) is 14.8 Å². The molecular formula is C29H40N4OS4. The number of carbonyl (C=O) groups excluding carboxylic acids is 1. The number of aliphatic imine (C=N–C) groups is 2. The highest BCUT2D eigenvalue weighted by Gasteiger charge is 1.84. The van der Waals surface area contributed by atoms with Crippen molar-refractivity contribution in [1.29, 1.82) is 0 Å². The fourth-order valence-corrected chi connectivity index (χ4v) is 4.22. The van der Waals surface area contributed by atoms with Gasteiger partial charge in [0.05, 0.1) is 0 Å². The van der Waals surface area contributed by atoms with Crippen molar-refractivity contribution >= 4 is 65.6 Å². The van der Waals surface area contributed by atoms with Gasteiger partial charge in [0.15, 0.2) is 0 Å². The Labute approximate surface area is 247 Å². The average Bonchev–Trinajstić information content (AvgIpc) is 2.98. The third-order valence-electron chi connectivity index (χ3n) is 3.96. The number of nitrogens with two attached hydrogens (primary N) is 2.